The van der Waals surface area contributed by atoms with Gasteiger partial charge in [0.25, 0.3) is 0 Å². The molecule has 0 aliphatic heterocycles. The molecule has 0 saturated heterocycles. The lowest BCUT2D eigenvalue weighted by molar-refractivity contribution is -0.119. The highest BCUT2D eigenvalue weighted by molar-refractivity contribution is 8.00. The number of rotatable bonds is 5. The Labute approximate surface area is 171 Å². The van der Waals surface area contributed by atoms with Crippen LogP contribution in [0.25, 0.3) is 21.5 Å². The van der Waals surface area contributed by atoms with Crippen molar-refractivity contribution >= 4 is 39.4 Å². The van der Waals surface area contributed by atoms with Crippen LogP contribution in [0.5, 0.6) is 0 Å². The van der Waals surface area contributed by atoms with Crippen molar-refractivity contribution in [2.75, 3.05) is 5.75 Å². The number of fused-ring (bicyclic) bond motifs is 1. The molecule has 28 heavy (non-hydrogen) atoms. The number of benzene rings is 1. The maximum Gasteiger partial charge on any atom is 0.230 e. The fourth-order valence-electron chi connectivity index (χ4n) is 3.56. The Morgan fingerprint density at radius 1 is 1.25 bits per heavy atom. The molecule has 0 spiro atoms. The highest BCUT2D eigenvalue weighted by atomic mass is 32.2. The lowest BCUT2D eigenvalue weighted by atomic mass is 9.86. The molecule has 2 aromatic heterocycles. The number of hydrogen-bond donors (Lipinski definition) is 1. The van der Waals surface area contributed by atoms with Crippen LogP contribution in [0, 0.1) is 11.7 Å². The van der Waals surface area contributed by atoms with Gasteiger partial charge >= 0.3 is 0 Å². The molecule has 5 nitrogen and oxygen atoms in total. The Morgan fingerprint density at radius 3 is 2.82 bits per heavy atom. The maximum atomic E-state index is 13.2. The molecule has 1 fully saturated rings. The van der Waals surface area contributed by atoms with Crippen molar-refractivity contribution in [2.45, 2.75) is 43.7 Å². The Hall–Kier alpha value is -2.06. The third-order valence-corrected chi connectivity index (χ3v) is 7.10. The van der Waals surface area contributed by atoms with E-state index in [2.05, 4.69) is 26.6 Å². The summed E-state index contributed by atoms with van der Waals surface area (Å²) in [7, 11) is 0. The van der Waals surface area contributed by atoms with Gasteiger partial charge in [0, 0.05) is 11.6 Å². The first-order valence-corrected chi connectivity index (χ1v) is 11.2. The highest BCUT2D eigenvalue weighted by Crippen LogP contribution is 2.34. The summed E-state index contributed by atoms with van der Waals surface area (Å²) in [5.74, 6) is 0.610. The average molecular weight is 417 g/mol. The van der Waals surface area contributed by atoms with Gasteiger partial charge in [-0.1, -0.05) is 31.5 Å². The predicted molar refractivity (Wildman–Crippen MR) is 111 cm³/mol. The molecule has 1 saturated carbocycles. The number of aromatic nitrogens is 3. The van der Waals surface area contributed by atoms with Crippen LogP contribution in [-0.2, 0) is 4.79 Å². The van der Waals surface area contributed by atoms with Crippen LogP contribution in [-0.4, -0.2) is 32.0 Å². The standard InChI is InChI=1S/C20H21FN4OS2/c1-12-4-2-3-5-15(12)24-16(26)10-27-20-19-18(22-11-23-20)17(25-28-19)13-6-8-14(21)9-7-13/h6-9,11-12,15H,2-5,10H2,1H3,(H,24,26)/t12-,15-/m1/s1. The minimum absolute atomic E-state index is 0.0405. The molecule has 1 aliphatic carbocycles. The van der Waals surface area contributed by atoms with E-state index in [1.54, 1.807) is 12.1 Å². The predicted octanol–water partition coefficient (Wildman–Crippen LogP) is 4.68. The van der Waals surface area contributed by atoms with Crippen molar-refractivity contribution in [2.24, 2.45) is 5.92 Å². The van der Waals surface area contributed by atoms with Crippen molar-refractivity contribution in [1.82, 2.24) is 19.7 Å². The van der Waals surface area contributed by atoms with E-state index >= 15 is 0 Å². The monoisotopic (exact) mass is 416 g/mol. The van der Waals surface area contributed by atoms with E-state index in [9.17, 15) is 9.18 Å². The van der Waals surface area contributed by atoms with Gasteiger partial charge in [-0.15, -0.1) is 0 Å². The van der Waals surface area contributed by atoms with Gasteiger partial charge in [0.2, 0.25) is 5.91 Å². The highest BCUT2D eigenvalue weighted by Gasteiger charge is 2.23. The Bertz CT molecular complexity index is 976. The maximum absolute atomic E-state index is 13.2. The van der Waals surface area contributed by atoms with Gasteiger partial charge in [-0.2, -0.15) is 4.37 Å². The summed E-state index contributed by atoms with van der Waals surface area (Å²) in [6.45, 7) is 2.21. The second-order valence-corrected chi connectivity index (χ2v) is 8.86. The van der Waals surface area contributed by atoms with E-state index in [-0.39, 0.29) is 17.8 Å². The van der Waals surface area contributed by atoms with E-state index < -0.39 is 0 Å². The third-order valence-electron chi connectivity index (χ3n) is 5.14. The van der Waals surface area contributed by atoms with Gasteiger partial charge in [0.05, 0.1) is 5.75 Å². The molecule has 0 radical (unpaired) electrons. The van der Waals surface area contributed by atoms with Gasteiger partial charge in [-0.3, -0.25) is 4.79 Å². The van der Waals surface area contributed by atoms with Crippen LogP contribution in [0.4, 0.5) is 4.39 Å². The summed E-state index contributed by atoms with van der Waals surface area (Å²) in [4.78, 5) is 21.1. The lowest BCUT2D eigenvalue weighted by Crippen LogP contribution is -2.41. The van der Waals surface area contributed by atoms with E-state index in [1.807, 2.05) is 0 Å². The third kappa shape index (κ3) is 4.17. The molecule has 0 bridgehead atoms. The molecule has 146 valence electrons. The van der Waals surface area contributed by atoms with Gasteiger partial charge in [0.15, 0.2) is 0 Å². The van der Waals surface area contributed by atoms with Crippen LogP contribution >= 0.6 is 23.3 Å². The quantitative estimate of drug-likeness (QED) is 0.483. The van der Waals surface area contributed by atoms with Gasteiger partial charge < -0.3 is 5.32 Å². The first-order chi connectivity index (χ1) is 13.6. The zero-order valence-corrected chi connectivity index (χ0v) is 17.2. The Morgan fingerprint density at radius 2 is 2.04 bits per heavy atom. The summed E-state index contributed by atoms with van der Waals surface area (Å²) in [5.41, 5.74) is 2.26. The second kappa shape index (κ2) is 8.53. The summed E-state index contributed by atoms with van der Waals surface area (Å²) >= 11 is 2.71. The summed E-state index contributed by atoms with van der Waals surface area (Å²) < 4.78 is 18.5. The fraction of sp³-hybridized carbons (Fsp3) is 0.400. The molecule has 3 aromatic rings. The second-order valence-electron chi connectivity index (χ2n) is 7.12. The van der Waals surface area contributed by atoms with Crippen LogP contribution < -0.4 is 5.32 Å². The number of halogens is 1. The van der Waals surface area contributed by atoms with E-state index in [1.165, 1.54) is 61.0 Å². The first-order valence-electron chi connectivity index (χ1n) is 9.40. The van der Waals surface area contributed by atoms with Crippen molar-refractivity contribution in [3.63, 3.8) is 0 Å². The Kier molecular flexibility index (Phi) is 5.87. The van der Waals surface area contributed by atoms with Crippen molar-refractivity contribution in [3.8, 4) is 11.3 Å². The van der Waals surface area contributed by atoms with Crippen LogP contribution in [0.3, 0.4) is 0 Å². The first kappa shape index (κ1) is 19.3. The minimum atomic E-state index is -0.285. The summed E-state index contributed by atoms with van der Waals surface area (Å²) in [5, 5.41) is 3.92. The summed E-state index contributed by atoms with van der Waals surface area (Å²) in [6.07, 6.45) is 6.17. The molecule has 1 amide bonds. The topological polar surface area (TPSA) is 67.8 Å². The van der Waals surface area contributed by atoms with Gasteiger partial charge in [-0.25, -0.2) is 14.4 Å². The molecular weight excluding hydrogens is 395 g/mol. The molecule has 2 heterocycles. The molecule has 1 aromatic carbocycles. The largest absolute Gasteiger partial charge is 0.352 e. The molecular formula is C20H21FN4OS2. The van der Waals surface area contributed by atoms with Crippen LogP contribution in [0.2, 0.25) is 0 Å². The average Bonchev–Trinajstić information content (AvgIpc) is 3.13. The van der Waals surface area contributed by atoms with Crippen molar-refractivity contribution < 1.29 is 9.18 Å². The normalized spacial score (nSPS) is 19.6. The van der Waals surface area contributed by atoms with Gasteiger partial charge in [0.1, 0.15) is 33.1 Å². The van der Waals surface area contributed by atoms with Crippen LogP contribution in [0.1, 0.15) is 32.6 Å². The minimum Gasteiger partial charge on any atom is -0.352 e. The zero-order chi connectivity index (χ0) is 19.5. The smallest absolute Gasteiger partial charge is 0.230 e. The number of carbonyl (C=O) groups excluding carboxylic acids is 1. The number of hydrogen-bond acceptors (Lipinski definition) is 6. The molecule has 1 N–H and O–H groups in total. The number of nitrogens with zero attached hydrogens (tertiary/aromatic N) is 3. The fourth-order valence-corrected chi connectivity index (χ4v) is 5.29. The van der Waals surface area contributed by atoms with Crippen molar-refractivity contribution in [1.29, 1.82) is 0 Å². The number of amides is 1. The Balaban J connectivity index is 1.47. The van der Waals surface area contributed by atoms with E-state index in [0.717, 1.165) is 27.2 Å². The van der Waals surface area contributed by atoms with E-state index in [4.69, 9.17) is 0 Å². The van der Waals surface area contributed by atoms with Gasteiger partial charge in [-0.05, 0) is 54.6 Å². The molecule has 0 unspecified atom stereocenters. The van der Waals surface area contributed by atoms with E-state index in [0.29, 0.717) is 17.4 Å². The molecule has 8 heteroatoms. The number of thioether (sulfide) groups is 1. The van der Waals surface area contributed by atoms with Crippen LogP contribution in [0.15, 0.2) is 35.6 Å². The molecule has 4 rings (SSSR count). The number of nitrogens with one attached hydrogen (secondary N) is 1. The summed E-state index contributed by atoms with van der Waals surface area (Å²) in [6, 6.07) is 6.48. The zero-order valence-electron chi connectivity index (χ0n) is 15.5. The number of carbonyl (C=O) groups is 1. The SMILES string of the molecule is C[C@@H]1CCCC[C@H]1NC(=O)CSc1ncnc2c(-c3ccc(F)cc3)nsc12. The molecule has 2 atom stereocenters. The molecule has 1 aliphatic rings. The lowest BCUT2D eigenvalue weighted by Gasteiger charge is -2.29. The van der Waals surface area contributed by atoms with Crippen molar-refractivity contribution in [3.05, 3.63) is 36.4 Å².